The van der Waals surface area contributed by atoms with E-state index in [0.717, 1.165) is 6.54 Å². The first kappa shape index (κ1) is 12.4. The summed E-state index contributed by atoms with van der Waals surface area (Å²) in [5.74, 6) is 0. The molecule has 3 nitrogen and oxygen atoms in total. The molecule has 0 saturated heterocycles. The average molecular weight is 183 g/mol. The Hall–Kier alpha value is -0.590. The van der Waals surface area contributed by atoms with Gasteiger partial charge in [-0.1, -0.05) is 20.8 Å². The Morgan fingerprint density at radius 3 is 2.31 bits per heavy atom. The first-order chi connectivity index (χ1) is 5.93. The summed E-state index contributed by atoms with van der Waals surface area (Å²) < 4.78 is 0. The van der Waals surface area contributed by atoms with Crippen LogP contribution in [-0.2, 0) is 0 Å². The Balaban J connectivity index is 4.17. The molecule has 0 amide bonds. The number of nitrogens with zero attached hydrogens (tertiary/aromatic N) is 2. The summed E-state index contributed by atoms with van der Waals surface area (Å²) in [7, 11) is 2.03. The normalized spacial score (nSPS) is 14.2. The summed E-state index contributed by atoms with van der Waals surface area (Å²) in [5, 5.41) is 8.46. The van der Waals surface area contributed by atoms with Crippen molar-refractivity contribution >= 4 is 0 Å². The maximum absolute atomic E-state index is 8.46. The van der Waals surface area contributed by atoms with Crippen molar-refractivity contribution in [3.05, 3.63) is 0 Å². The molecule has 76 valence electrons. The van der Waals surface area contributed by atoms with E-state index in [1.54, 1.807) is 0 Å². The lowest BCUT2D eigenvalue weighted by Gasteiger charge is -2.36. The molecule has 0 saturated carbocycles. The van der Waals surface area contributed by atoms with Gasteiger partial charge in [-0.15, -0.1) is 0 Å². The molecule has 3 heteroatoms. The molecule has 0 heterocycles. The minimum Gasteiger partial charge on any atom is -0.329 e. The lowest BCUT2D eigenvalue weighted by molar-refractivity contribution is 0.134. The van der Waals surface area contributed by atoms with Gasteiger partial charge in [-0.05, 0) is 12.5 Å². The molecule has 0 bridgehead atoms. The molecule has 0 spiro atoms. The Bertz CT molecular complexity index is 176. The third-order valence-electron chi connectivity index (χ3n) is 2.33. The van der Waals surface area contributed by atoms with Gasteiger partial charge in [0.1, 0.15) is 0 Å². The molecule has 0 aliphatic rings. The highest BCUT2D eigenvalue weighted by molar-refractivity contribution is 4.84. The van der Waals surface area contributed by atoms with E-state index in [2.05, 4.69) is 31.7 Å². The smallest absolute Gasteiger partial charge is 0.0635 e. The van der Waals surface area contributed by atoms with E-state index in [4.69, 9.17) is 11.0 Å². The highest BCUT2D eigenvalue weighted by Crippen LogP contribution is 2.22. The van der Waals surface area contributed by atoms with Crippen molar-refractivity contribution < 1.29 is 0 Å². The average Bonchev–Trinajstić information content (AvgIpc) is 1.99. The van der Waals surface area contributed by atoms with Crippen molar-refractivity contribution in [1.82, 2.24) is 4.90 Å². The van der Waals surface area contributed by atoms with Gasteiger partial charge in [-0.2, -0.15) is 5.26 Å². The summed E-state index contributed by atoms with van der Waals surface area (Å²) in [5.41, 5.74) is 5.89. The maximum atomic E-state index is 8.46. The third-order valence-corrected chi connectivity index (χ3v) is 2.33. The summed E-state index contributed by atoms with van der Waals surface area (Å²) in [4.78, 5) is 2.17. The fourth-order valence-electron chi connectivity index (χ4n) is 1.58. The number of nitriles is 1. The predicted molar refractivity (Wildman–Crippen MR) is 55.2 cm³/mol. The number of likely N-dealkylation sites (N-methyl/N-ethyl adjacent to an activating group) is 1. The number of hydrogen-bond donors (Lipinski definition) is 1. The fourth-order valence-corrected chi connectivity index (χ4v) is 1.58. The second-order valence-corrected chi connectivity index (χ2v) is 4.51. The molecule has 0 aromatic rings. The van der Waals surface area contributed by atoms with Gasteiger partial charge < -0.3 is 10.6 Å². The standard InChI is InChI=1S/C10H21N3/c1-10(2,3)9(8-12)13(4)7-5-6-11/h9H,5,7-8,12H2,1-4H3. The van der Waals surface area contributed by atoms with Crippen LogP contribution in [0.5, 0.6) is 0 Å². The Morgan fingerprint density at radius 1 is 1.46 bits per heavy atom. The van der Waals surface area contributed by atoms with Crippen molar-refractivity contribution in [3.63, 3.8) is 0 Å². The minimum absolute atomic E-state index is 0.180. The molecule has 0 rings (SSSR count). The Kier molecular flexibility index (Phi) is 4.97. The monoisotopic (exact) mass is 183 g/mol. The van der Waals surface area contributed by atoms with Crippen LogP contribution in [0.15, 0.2) is 0 Å². The van der Waals surface area contributed by atoms with Gasteiger partial charge in [0.2, 0.25) is 0 Å². The van der Waals surface area contributed by atoms with Crippen LogP contribution in [0.3, 0.4) is 0 Å². The SMILES string of the molecule is CN(CCC#N)C(CN)C(C)(C)C. The Labute approximate surface area is 81.5 Å². The van der Waals surface area contributed by atoms with Crippen LogP contribution >= 0.6 is 0 Å². The summed E-state index contributed by atoms with van der Waals surface area (Å²) in [6.07, 6.45) is 0.573. The van der Waals surface area contributed by atoms with E-state index >= 15 is 0 Å². The Morgan fingerprint density at radius 2 is 2.00 bits per heavy atom. The first-order valence-corrected chi connectivity index (χ1v) is 4.70. The second-order valence-electron chi connectivity index (χ2n) is 4.51. The third kappa shape index (κ3) is 4.25. The van der Waals surface area contributed by atoms with Gasteiger partial charge in [-0.3, -0.25) is 0 Å². The van der Waals surface area contributed by atoms with Crippen LogP contribution < -0.4 is 5.73 Å². The molecular weight excluding hydrogens is 162 g/mol. The zero-order valence-electron chi connectivity index (χ0n) is 9.17. The topological polar surface area (TPSA) is 53.0 Å². The maximum Gasteiger partial charge on any atom is 0.0635 e. The zero-order chi connectivity index (χ0) is 10.5. The van der Waals surface area contributed by atoms with Gasteiger partial charge in [0.25, 0.3) is 0 Å². The van der Waals surface area contributed by atoms with Crippen molar-refractivity contribution in [3.8, 4) is 6.07 Å². The molecule has 1 atom stereocenters. The van der Waals surface area contributed by atoms with E-state index in [9.17, 15) is 0 Å². The van der Waals surface area contributed by atoms with E-state index in [0.29, 0.717) is 19.0 Å². The van der Waals surface area contributed by atoms with Crippen LogP contribution in [0, 0.1) is 16.7 Å². The van der Waals surface area contributed by atoms with Gasteiger partial charge in [0.05, 0.1) is 6.07 Å². The van der Waals surface area contributed by atoms with E-state index < -0.39 is 0 Å². The lowest BCUT2D eigenvalue weighted by atomic mass is 9.86. The molecule has 0 aromatic carbocycles. The molecule has 2 N–H and O–H groups in total. The second kappa shape index (κ2) is 5.21. The van der Waals surface area contributed by atoms with Crippen molar-refractivity contribution in [2.45, 2.75) is 33.2 Å². The number of nitrogens with two attached hydrogens (primary N) is 1. The largest absolute Gasteiger partial charge is 0.329 e. The molecule has 0 aliphatic carbocycles. The molecule has 1 unspecified atom stereocenters. The van der Waals surface area contributed by atoms with E-state index in [1.165, 1.54) is 0 Å². The lowest BCUT2D eigenvalue weighted by Crippen LogP contribution is -2.47. The highest BCUT2D eigenvalue weighted by Gasteiger charge is 2.26. The van der Waals surface area contributed by atoms with Crippen molar-refractivity contribution in [2.75, 3.05) is 20.1 Å². The number of hydrogen-bond acceptors (Lipinski definition) is 3. The van der Waals surface area contributed by atoms with Crippen LogP contribution in [-0.4, -0.2) is 31.1 Å². The van der Waals surface area contributed by atoms with Crippen LogP contribution in [0.1, 0.15) is 27.2 Å². The first-order valence-electron chi connectivity index (χ1n) is 4.70. The van der Waals surface area contributed by atoms with E-state index in [1.807, 2.05) is 7.05 Å². The molecular formula is C10H21N3. The predicted octanol–water partition coefficient (Wildman–Crippen LogP) is 1.21. The van der Waals surface area contributed by atoms with Crippen LogP contribution in [0.25, 0.3) is 0 Å². The molecule has 13 heavy (non-hydrogen) atoms. The van der Waals surface area contributed by atoms with Gasteiger partial charge in [0, 0.05) is 25.6 Å². The van der Waals surface area contributed by atoms with Crippen molar-refractivity contribution in [2.24, 2.45) is 11.1 Å². The molecule has 0 fully saturated rings. The van der Waals surface area contributed by atoms with Crippen LogP contribution in [0.4, 0.5) is 0 Å². The van der Waals surface area contributed by atoms with Crippen LogP contribution in [0.2, 0.25) is 0 Å². The summed E-state index contributed by atoms with van der Waals surface area (Å²) >= 11 is 0. The fraction of sp³-hybridized carbons (Fsp3) is 0.900. The minimum atomic E-state index is 0.180. The van der Waals surface area contributed by atoms with Gasteiger partial charge in [-0.25, -0.2) is 0 Å². The molecule has 0 aromatic heterocycles. The quantitative estimate of drug-likeness (QED) is 0.712. The van der Waals surface area contributed by atoms with E-state index in [-0.39, 0.29) is 5.41 Å². The molecule has 0 radical (unpaired) electrons. The summed E-state index contributed by atoms with van der Waals surface area (Å²) in [6.45, 7) is 7.97. The molecule has 0 aliphatic heterocycles. The zero-order valence-corrected chi connectivity index (χ0v) is 9.17. The summed E-state index contributed by atoms with van der Waals surface area (Å²) in [6, 6.07) is 2.49. The highest BCUT2D eigenvalue weighted by atomic mass is 15.1. The van der Waals surface area contributed by atoms with Gasteiger partial charge >= 0.3 is 0 Å². The van der Waals surface area contributed by atoms with Gasteiger partial charge in [0.15, 0.2) is 0 Å². The number of rotatable bonds is 4. The van der Waals surface area contributed by atoms with Crippen molar-refractivity contribution in [1.29, 1.82) is 5.26 Å².